The van der Waals surface area contributed by atoms with Crippen LogP contribution in [-0.2, 0) is 4.79 Å². The Labute approximate surface area is 147 Å². The molecule has 0 aromatic heterocycles. The van der Waals surface area contributed by atoms with Crippen molar-refractivity contribution in [3.63, 3.8) is 0 Å². The van der Waals surface area contributed by atoms with Crippen LogP contribution < -0.4 is 10.1 Å². The summed E-state index contributed by atoms with van der Waals surface area (Å²) in [5.41, 5.74) is 2.27. The molecule has 134 valence electrons. The van der Waals surface area contributed by atoms with E-state index in [1.54, 1.807) is 24.0 Å². The minimum absolute atomic E-state index is 0.0171. The molecule has 1 aromatic rings. The number of methoxy groups -OCH3 is 1. The summed E-state index contributed by atoms with van der Waals surface area (Å²) in [6.07, 6.45) is 0. The molecule has 0 aliphatic carbocycles. The molecule has 7 heteroatoms. The molecule has 1 atom stereocenters. The van der Waals surface area contributed by atoms with Crippen LogP contribution in [0.15, 0.2) is 35.5 Å². The molecule has 0 spiro atoms. The predicted molar refractivity (Wildman–Crippen MR) is 94.2 cm³/mol. The number of urea groups is 1. The van der Waals surface area contributed by atoms with Crippen molar-refractivity contribution in [3.8, 4) is 5.75 Å². The van der Waals surface area contributed by atoms with Gasteiger partial charge in [-0.15, -0.1) is 0 Å². The Morgan fingerprint density at radius 3 is 2.76 bits per heavy atom. The van der Waals surface area contributed by atoms with Crippen molar-refractivity contribution >= 4 is 11.9 Å². The van der Waals surface area contributed by atoms with Crippen LogP contribution in [0.1, 0.15) is 11.6 Å². The van der Waals surface area contributed by atoms with Crippen LogP contribution >= 0.6 is 0 Å². The van der Waals surface area contributed by atoms with Gasteiger partial charge in [0.15, 0.2) is 0 Å². The van der Waals surface area contributed by atoms with E-state index in [0.29, 0.717) is 24.4 Å². The van der Waals surface area contributed by atoms with E-state index in [0.717, 1.165) is 17.8 Å². The van der Waals surface area contributed by atoms with E-state index in [4.69, 9.17) is 4.74 Å². The third-order valence-corrected chi connectivity index (χ3v) is 4.68. The van der Waals surface area contributed by atoms with E-state index < -0.39 is 6.04 Å². The van der Waals surface area contributed by atoms with Crippen LogP contribution in [0.2, 0.25) is 0 Å². The average Bonchev–Trinajstić information content (AvgIpc) is 2.93. The number of ether oxygens (including phenoxy) is 1. The number of amides is 3. The summed E-state index contributed by atoms with van der Waals surface area (Å²) in [6.45, 7) is 1.87. The van der Waals surface area contributed by atoms with E-state index in [2.05, 4.69) is 5.32 Å². The molecule has 1 N–H and O–H groups in total. The van der Waals surface area contributed by atoms with Gasteiger partial charge >= 0.3 is 6.03 Å². The van der Waals surface area contributed by atoms with Gasteiger partial charge in [-0.25, -0.2) is 4.79 Å². The Hall–Kier alpha value is -2.54. The molecule has 7 nitrogen and oxygen atoms in total. The molecular weight excluding hydrogens is 320 g/mol. The zero-order valence-corrected chi connectivity index (χ0v) is 15.1. The maximum absolute atomic E-state index is 13.0. The van der Waals surface area contributed by atoms with Crippen molar-refractivity contribution in [2.24, 2.45) is 0 Å². The maximum Gasteiger partial charge on any atom is 0.322 e. The van der Waals surface area contributed by atoms with Crippen molar-refractivity contribution in [1.29, 1.82) is 0 Å². The van der Waals surface area contributed by atoms with Crippen molar-refractivity contribution in [2.75, 3.05) is 47.9 Å². The molecule has 1 aromatic carbocycles. The first-order chi connectivity index (χ1) is 11.9. The van der Waals surface area contributed by atoms with Gasteiger partial charge in [-0.05, 0) is 31.8 Å². The van der Waals surface area contributed by atoms with Gasteiger partial charge in [-0.2, -0.15) is 0 Å². The molecule has 2 aliphatic heterocycles. The van der Waals surface area contributed by atoms with Crippen molar-refractivity contribution in [2.45, 2.75) is 6.04 Å². The summed E-state index contributed by atoms with van der Waals surface area (Å²) < 4.78 is 5.28. The van der Waals surface area contributed by atoms with Crippen molar-refractivity contribution in [1.82, 2.24) is 20.0 Å². The zero-order valence-electron chi connectivity index (χ0n) is 15.1. The molecule has 0 radical (unpaired) electrons. The molecular formula is C18H24N4O3. The van der Waals surface area contributed by atoms with Crippen LogP contribution in [0.25, 0.3) is 0 Å². The highest BCUT2D eigenvalue weighted by Gasteiger charge is 2.42. The Morgan fingerprint density at radius 1 is 1.32 bits per heavy atom. The highest BCUT2D eigenvalue weighted by molar-refractivity contribution is 6.01. The molecule has 2 heterocycles. The van der Waals surface area contributed by atoms with Crippen LogP contribution in [0.3, 0.4) is 0 Å². The van der Waals surface area contributed by atoms with Gasteiger partial charge in [0.25, 0.3) is 5.91 Å². The Balaban J connectivity index is 1.94. The van der Waals surface area contributed by atoms with Gasteiger partial charge < -0.3 is 19.9 Å². The van der Waals surface area contributed by atoms with Crippen LogP contribution in [0.5, 0.6) is 5.75 Å². The lowest BCUT2D eigenvalue weighted by Gasteiger charge is -2.31. The fraction of sp³-hybridized carbons (Fsp3) is 0.444. The predicted octanol–water partition coefficient (Wildman–Crippen LogP) is 1.05. The molecule has 3 rings (SSSR count). The average molecular weight is 344 g/mol. The van der Waals surface area contributed by atoms with Gasteiger partial charge in [0.2, 0.25) is 0 Å². The van der Waals surface area contributed by atoms with Crippen LogP contribution in [0, 0.1) is 0 Å². The van der Waals surface area contributed by atoms with E-state index in [9.17, 15) is 9.59 Å². The summed E-state index contributed by atoms with van der Waals surface area (Å²) in [5.74, 6) is 0.680. The van der Waals surface area contributed by atoms with Crippen molar-refractivity contribution in [3.05, 3.63) is 41.1 Å². The minimum Gasteiger partial charge on any atom is -0.497 e. The second-order valence-corrected chi connectivity index (χ2v) is 6.61. The van der Waals surface area contributed by atoms with Crippen molar-refractivity contribution < 1.29 is 14.3 Å². The normalized spacial score (nSPS) is 20.3. The monoisotopic (exact) mass is 344 g/mol. The zero-order chi connectivity index (χ0) is 18.1. The van der Waals surface area contributed by atoms with Crippen LogP contribution in [0.4, 0.5) is 4.79 Å². The molecule has 0 saturated carbocycles. The molecule has 0 saturated heterocycles. The van der Waals surface area contributed by atoms with Gasteiger partial charge in [0.1, 0.15) is 5.75 Å². The number of nitrogens with one attached hydrogen (secondary N) is 1. The Bertz CT molecular complexity index is 729. The smallest absolute Gasteiger partial charge is 0.322 e. The van der Waals surface area contributed by atoms with E-state index >= 15 is 0 Å². The summed E-state index contributed by atoms with van der Waals surface area (Å²) in [7, 11) is 7.25. The lowest BCUT2D eigenvalue weighted by atomic mass is 9.95. The van der Waals surface area contributed by atoms with Gasteiger partial charge in [-0.3, -0.25) is 9.69 Å². The number of rotatable bonds is 5. The minimum atomic E-state index is -0.453. The first kappa shape index (κ1) is 17.3. The van der Waals surface area contributed by atoms with Gasteiger partial charge in [-0.1, -0.05) is 12.1 Å². The number of hydrogen-bond acceptors (Lipinski definition) is 4. The highest BCUT2D eigenvalue weighted by atomic mass is 16.5. The summed E-state index contributed by atoms with van der Waals surface area (Å²) in [5, 5.41) is 2.94. The maximum atomic E-state index is 13.0. The van der Waals surface area contributed by atoms with Crippen LogP contribution in [-0.4, -0.2) is 74.5 Å². The molecule has 1 unspecified atom stereocenters. The van der Waals surface area contributed by atoms with E-state index in [1.165, 1.54) is 0 Å². The fourth-order valence-corrected chi connectivity index (χ4v) is 3.20. The summed E-state index contributed by atoms with van der Waals surface area (Å²) >= 11 is 0. The third kappa shape index (κ3) is 3.19. The number of benzene rings is 1. The number of likely N-dealkylation sites (N-methyl/N-ethyl adjacent to an activating group) is 2. The number of nitrogens with zero attached hydrogens (tertiary/aromatic N) is 3. The molecule has 0 bridgehead atoms. The number of carbonyl (C=O) groups is 2. The SMILES string of the molecule is COc1cccc(C2NC(=O)N(C)C3=C2C(=O)N(CCN(C)C)C3)c1. The van der Waals surface area contributed by atoms with Gasteiger partial charge in [0.05, 0.1) is 31.0 Å². The van der Waals surface area contributed by atoms with Gasteiger partial charge in [0, 0.05) is 20.1 Å². The Kier molecular flexibility index (Phi) is 4.67. The molecule has 25 heavy (non-hydrogen) atoms. The first-order valence-corrected chi connectivity index (χ1v) is 8.27. The van der Waals surface area contributed by atoms with E-state index in [1.807, 2.05) is 43.3 Å². The topological polar surface area (TPSA) is 65.1 Å². The highest BCUT2D eigenvalue weighted by Crippen LogP contribution is 2.36. The molecule has 3 amide bonds. The lowest BCUT2D eigenvalue weighted by Crippen LogP contribution is -2.45. The second-order valence-electron chi connectivity index (χ2n) is 6.61. The van der Waals surface area contributed by atoms with E-state index in [-0.39, 0.29) is 11.9 Å². The second kappa shape index (κ2) is 6.76. The summed E-state index contributed by atoms with van der Waals surface area (Å²) in [4.78, 5) is 30.7. The third-order valence-electron chi connectivity index (χ3n) is 4.68. The number of carbonyl (C=O) groups excluding carboxylic acids is 2. The standard InChI is InChI=1S/C18H24N4O3/c1-20(2)8-9-22-11-14-15(17(22)23)16(19-18(24)21(14)3)12-6-5-7-13(10-12)25-4/h5-7,10,16H,8-9,11H2,1-4H3,(H,19,24). The fourth-order valence-electron chi connectivity index (χ4n) is 3.20. The lowest BCUT2D eigenvalue weighted by molar-refractivity contribution is -0.125. The first-order valence-electron chi connectivity index (χ1n) is 8.27. The quantitative estimate of drug-likeness (QED) is 0.867. The largest absolute Gasteiger partial charge is 0.497 e. The number of hydrogen-bond donors (Lipinski definition) is 1. The molecule has 0 fully saturated rings. The summed E-state index contributed by atoms with van der Waals surface area (Å²) in [6, 6.07) is 6.81. The molecule has 2 aliphatic rings. The Morgan fingerprint density at radius 2 is 2.08 bits per heavy atom.